The lowest BCUT2D eigenvalue weighted by Gasteiger charge is -2.23. The van der Waals surface area contributed by atoms with Crippen LogP contribution in [0.5, 0.6) is 0 Å². The summed E-state index contributed by atoms with van der Waals surface area (Å²) in [5.74, 6) is -0.291. The maximum absolute atomic E-state index is 12.8. The molecule has 1 aliphatic rings. The Morgan fingerprint density at radius 2 is 2.15 bits per heavy atom. The van der Waals surface area contributed by atoms with Crippen LogP contribution in [0.2, 0.25) is 5.02 Å². The number of rotatable bonds is 2. The van der Waals surface area contributed by atoms with Crippen molar-refractivity contribution < 1.29 is 13.2 Å². The van der Waals surface area contributed by atoms with Gasteiger partial charge in [0.15, 0.2) is 9.84 Å². The highest BCUT2D eigenvalue weighted by molar-refractivity contribution is 7.91. The number of aromatic amines is 1. The molecule has 134 valence electrons. The highest BCUT2D eigenvalue weighted by Crippen LogP contribution is 2.37. The number of aromatic nitrogens is 2. The SMILES string of the molecule is CC1CCS(=O)(=O)c2cc(C(=O)Nc3ccnc4[nH]ccc34)c(Cl)cc21. The summed E-state index contributed by atoms with van der Waals surface area (Å²) in [5.41, 5.74) is 2.04. The lowest BCUT2D eigenvalue weighted by atomic mass is 9.96. The molecular weight excluding hydrogens is 374 g/mol. The third kappa shape index (κ3) is 2.77. The summed E-state index contributed by atoms with van der Waals surface area (Å²) in [6, 6.07) is 6.48. The molecular formula is C18H16ClN3O3S. The maximum atomic E-state index is 12.8. The summed E-state index contributed by atoms with van der Waals surface area (Å²) >= 11 is 6.30. The molecule has 3 heterocycles. The van der Waals surface area contributed by atoms with Crippen molar-refractivity contribution >= 4 is 44.1 Å². The first-order chi connectivity index (χ1) is 12.4. The minimum atomic E-state index is -3.40. The molecule has 0 saturated carbocycles. The van der Waals surface area contributed by atoms with Gasteiger partial charge in [-0.15, -0.1) is 0 Å². The van der Waals surface area contributed by atoms with Gasteiger partial charge in [-0.3, -0.25) is 4.79 Å². The Morgan fingerprint density at radius 3 is 2.96 bits per heavy atom. The molecule has 0 aliphatic carbocycles. The smallest absolute Gasteiger partial charge is 0.257 e. The number of H-pyrrole nitrogens is 1. The Kier molecular flexibility index (Phi) is 4.00. The van der Waals surface area contributed by atoms with Crippen molar-refractivity contribution in [3.05, 3.63) is 52.8 Å². The number of hydrogen-bond donors (Lipinski definition) is 2. The minimum Gasteiger partial charge on any atom is -0.346 e. The van der Waals surface area contributed by atoms with E-state index in [4.69, 9.17) is 11.6 Å². The number of carbonyl (C=O) groups excluding carboxylic acids is 1. The van der Waals surface area contributed by atoms with Crippen LogP contribution in [0.3, 0.4) is 0 Å². The number of fused-ring (bicyclic) bond motifs is 2. The molecule has 1 aromatic carbocycles. The van der Waals surface area contributed by atoms with Gasteiger partial charge in [-0.2, -0.15) is 0 Å². The molecule has 0 fully saturated rings. The largest absolute Gasteiger partial charge is 0.346 e. The third-order valence-corrected chi connectivity index (χ3v) is 6.85. The van der Waals surface area contributed by atoms with Gasteiger partial charge in [0.05, 0.1) is 26.9 Å². The number of amides is 1. The predicted octanol–water partition coefficient (Wildman–Crippen LogP) is 3.75. The zero-order valence-corrected chi connectivity index (χ0v) is 15.5. The van der Waals surface area contributed by atoms with Crippen molar-refractivity contribution in [3.63, 3.8) is 0 Å². The number of carbonyl (C=O) groups is 1. The normalized spacial score (nSPS) is 18.5. The summed E-state index contributed by atoms with van der Waals surface area (Å²) in [7, 11) is -3.40. The second kappa shape index (κ2) is 6.10. The highest BCUT2D eigenvalue weighted by Gasteiger charge is 2.30. The van der Waals surface area contributed by atoms with Gasteiger partial charge in [0, 0.05) is 17.8 Å². The molecule has 0 radical (unpaired) electrons. The first kappa shape index (κ1) is 17.1. The summed E-state index contributed by atoms with van der Waals surface area (Å²) in [4.78, 5) is 20.1. The van der Waals surface area contributed by atoms with Crippen molar-refractivity contribution in [1.82, 2.24) is 9.97 Å². The van der Waals surface area contributed by atoms with Gasteiger partial charge >= 0.3 is 0 Å². The number of pyridine rings is 1. The second-order valence-electron chi connectivity index (χ2n) is 6.43. The molecule has 8 heteroatoms. The van der Waals surface area contributed by atoms with Gasteiger partial charge in [-0.05, 0) is 42.2 Å². The highest BCUT2D eigenvalue weighted by atomic mass is 35.5. The van der Waals surface area contributed by atoms with Gasteiger partial charge in [0.25, 0.3) is 5.91 Å². The summed E-state index contributed by atoms with van der Waals surface area (Å²) in [5, 5.41) is 3.80. The molecule has 0 saturated heterocycles. The number of anilines is 1. The van der Waals surface area contributed by atoms with Crippen molar-refractivity contribution in [3.8, 4) is 0 Å². The van der Waals surface area contributed by atoms with E-state index >= 15 is 0 Å². The number of nitrogens with one attached hydrogen (secondary N) is 2. The number of nitrogens with zero attached hydrogens (tertiary/aromatic N) is 1. The van der Waals surface area contributed by atoms with Gasteiger partial charge in [0.2, 0.25) is 0 Å². The lowest BCUT2D eigenvalue weighted by molar-refractivity contribution is 0.102. The number of hydrogen-bond acceptors (Lipinski definition) is 4. The van der Waals surface area contributed by atoms with E-state index in [1.54, 1.807) is 30.6 Å². The van der Waals surface area contributed by atoms with Crippen LogP contribution < -0.4 is 5.32 Å². The third-order valence-electron chi connectivity index (χ3n) is 4.74. The molecule has 26 heavy (non-hydrogen) atoms. The predicted molar refractivity (Wildman–Crippen MR) is 101 cm³/mol. The topological polar surface area (TPSA) is 91.9 Å². The van der Waals surface area contributed by atoms with E-state index in [2.05, 4.69) is 15.3 Å². The Labute approximate surface area is 155 Å². The summed E-state index contributed by atoms with van der Waals surface area (Å²) in [6.07, 6.45) is 3.86. The molecule has 1 amide bonds. The fraction of sp³-hybridized carbons (Fsp3) is 0.222. The van der Waals surface area contributed by atoms with E-state index in [9.17, 15) is 13.2 Å². The monoisotopic (exact) mass is 389 g/mol. The molecule has 2 aromatic heterocycles. The number of benzene rings is 1. The maximum Gasteiger partial charge on any atom is 0.257 e. The Bertz CT molecular complexity index is 1140. The number of sulfone groups is 1. The van der Waals surface area contributed by atoms with Crippen molar-refractivity contribution in [1.29, 1.82) is 0 Å². The fourth-order valence-electron chi connectivity index (χ4n) is 3.25. The Hall–Kier alpha value is -2.38. The van der Waals surface area contributed by atoms with Crippen molar-refractivity contribution in [2.45, 2.75) is 24.2 Å². The fourth-order valence-corrected chi connectivity index (χ4v) is 5.31. The van der Waals surface area contributed by atoms with Crippen molar-refractivity contribution in [2.24, 2.45) is 0 Å². The van der Waals surface area contributed by atoms with E-state index in [0.29, 0.717) is 23.3 Å². The van der Waals surface area contributed by atoms with E-state index in [-0.39, 0.29) is 27.2 Å². The molecule has 1 unspecified atom stereocenters. The molecule has 2 N–H and O–H groups in total. The van der Waals surface area contributed by atoms with Gasteiger partial charge in [-0.1, -0.05) is 18.5 Å². The molecule has 0 spiro atoms. The standard InChI is InChI=1S/C18H16ClN3O3S/c1-10-4-7-26(24,25)16-9-13(14(19)8-12(10)16)18(23)22-15-3-6-21-17-11(15)2-5-20-17/h2-3,5-6,8-10H,4,7H2,1H3,(H2,20,21,22,23). The zero-order chi connectivity index (χ0) is 18.5. The molecule has 1 aliphatic heterocycles. The molecule has 4 rings (SSSR count). The second-order valence-corrected chi connectivity index (χ2v) is 8.92. The first-order valence-corrected chi connectivity index (χ1v) is 10.2. The van der Waals surface area contributed by atoms with Crippen LogP contribution in [-0.2, 0) is 9.84 Å². The molecule has 0 bridgehead atoms. The van der Waals surface area contributed by atoms with E-state index in [1.807, 2.05) is 6.92 Å². The van der Waals surface area contributed by atoms with Gasteiger partial charge in [0.1, 0.15) is 5.65 Å². The molecule has 1 atom stereocenters. The van der Waals surface area contributed by atoms with Crippen LogP contribution in [0.15, 0.2) is 41.6 Å². The Balaban J connectivity index is 1.76. The van der Waals surface area contributed by atoms with Crippen LogP contribution in [0, 0.1) is 0 Å². The number of halogens is 1. The van der Waals surface area contributed by atoms with Crippen LogP contribution in [0.4, 0.5) is 5.69 Å². The van der Waals surface area contributed by atoms with Gasteiger partial charge < -0.3 is 10.3 Å². The average molecular weight is 390 g/mol. The van der Waals surface area contributed by atoms with Crippen LogP contribution in [0.1, 0.15) is 35.2 Å². The van der Waals surface area contributed by atoms with E-state index in [0.717, 1.165) is 5.39 Å². The minimum absolute atomic E-state index is 0.0815. The van der Waals surface area contributed by atoms with Crippen LogP contribution in [0.25, 0.3) is 11.0 Å². The Morgan fingerprint density at radius 1 is 1.35 bits per heavy atom. The van der Waals surface area contributed by atoms with Gasteiger partial charge in [-0.25, -0.2) is 13.4 Å². The lowest BCUT2D eigenvalue weighted by Crippen LogP contribution is -2.21. The molecule has 6 nitrogen and oxygen atoms in total. The first-order valence-electron chi connectivity index (χ1n) is 8.16. The summed E-state index contributed by atoms with van der Waals surface area (Å²) in [6.45, 7) is 1.96. The average Bonchev–Trinajstić information content (AvgIpc) is 3.08. The zero-order valence-electron chi connectivity index (χ0n) is 13.9. The summed E-state index contributed by atoms with van der Waals surface area (Å²) < 4.78 is 24.8. The van der Waals surface area contributed by atoms with Crippen molar-refractivity contribution in [2.75, 3.05) is 11.1 Å². The van der Waals surface area contributed by atoms with E-state index < -0.39 is 15.7 Å². The molecule has 3 aromatic rings. The quantitative estimate of drug-likeness (QED) is 0.698. The van der Waals surface area contributed by atoms with Crippen LogP contribution in [-0.4, -0.2) is 30.0 Å². The van der Waals surface area contributed by atoms with E-state index in [1.165, 1.54) is 6.07 Å². The van der Waals surface area contributed by atoms with Crippen LogP contribution >= 0.6 is 11.6 Å².